The fourth-order valence-electron chi connectivity index (χ4n) is 1.33. The molecule has 0 N–H and O–H groups in total. The van der Waals surface area contributed by atoms with E-state index in [-0.39, 0.29) is 23.4 Å². The van der Waals surface area contributed by atoms with Gasteiger partial charge in [0.05, 0.1) is 19.4 Å². The van der Waals surface area contributed by atoms with Crippen LogP contribution in [-0.2, 0) is 21.8 Å². The number of esters is 1. The van der Waals surface area contributed by atoms with Crippen molar-refractivity contribution in [3.63, 3.8) is 0 Å². The molecule has 0 radical (unpaired) electrons. The summed E-state index contributed by atoms with van der Waals surface area (Å²) in [4.78, 5) is 15.0. The van der Waals surface area contributed by atoms with E-state index in [4.69, 9.17) is 11.6 Å². The Kier molecular flexibility index (Phi) is 5.27. The minimum Gasteiger partial charge on any atom is -0.469 e. The number of aromatic nitrogens is 1. The van der Waals surface area contributed by atoms with E-state index in [9.17, 15) is 13.6 Å². The van der Waals surface area contributed by atoms with E-state index in [0.29, 0.717) is 10.2 Å². The number of rotatable bonds is 4. The maximum Gasteiger partial charge on any atom is 0.310 e. The zero-order valence-corrected chi connectivity index (χ0v) is 11.2. The van der Waals surface area contributed by atoms with Gasteiger partial charge >= 0.3 is 5.97 Å². The summed E-state index contributed by atoms with van der Waals surface area (Å²) in [7, 11) is 1.20. The lowest BCUT2D eigenvalue weighted by atomic mass is 10.0. The van der Waals surface area contributed by atoms with Crippen molar-refractivity contribution in [2.45, 2.75) is 18.7 Å². The molecule has 0 bridgehead atoms. The number of carbonyl (C=O) groups is 1. The van der Waals surface area contributed by atoms with Gasteiger partial charge in [0.1, 0.15) is 4.60 Å². The van der Waals surface area contributed by atoms with E-state index < -0.39 is 12.4 Å². The SMILES string of the molecule is COC(=O)Cc1c(C(F)F)cnc(Br)c1CCl. The smallest absolute Gasteiger partial charge is 0.310 e. The van der Waals surface area contributed by atoms with Crippen molar-refractivity contribution in [3.05, 3.63) is 27.5 Å². The molecule has 0 aliphatic rings. The maximum atomic E-state index is 12.8. The van der Waals surface area contributed by atoms with Crippen molar-refractivity contribution in [3.8, 4) is 0 Å². The Morgan fingerprint density at radius 2 is 2.24 bits per heavy atom. The Morgan fingerprint density at radius 1 is 1.59 bits per heavy atom. The molecule has 7 heteroatoms. The van der Waals surface area contributed by atoms with Crippen LogP contribution in [0.15, 0.2) is 10.8 Å². The Bertz CT molecular complexity index is 429. The normalized spacial score (nSPS) is 10.7. The second kappa shape index (κ2) is 6.26. The van der Waals surface area contributed by atoms with Gasteiger partial charge in [-0.2, -0.15) is 0 Å². The lowest BCUT2D eigenvalue weighted by Gasteiger charge is -2.13. The monoisotopic (exact) mass is 327 g/mol. The molecule has 0 aromatic carbocycles. The first-order valence-corrected chi connectivity index (χ1v) is 5.91. The Hall–Kier alpha value is -0.750. The highest BCUT2D eigenvalue weighted by atomic mass is 79.9. The highest BCUT2D eigenvalue weighted by Crippen LogP contribution is 2.30. The van der Waals surface area contributed by atoms with E-state index in [0.717, 1.165) is 6.20 Å². The molecule has 1 rings (SSSR count). The Morgan fingerprint density at radius 3 is 2.71 bits per heavy atom. The molecule has 0 aliphatic heterocycles. The summed E-state index contributed by atoms with van der Waals surface area (Å²) in [5.41, 5.74) is 0.257. The number of alkyl halides is 3. The molecule has 94 valence electrons. The van der Waals surface area contributed by atoms with Gasteiger partial charge in [-0.05, 0) is 21.5 Å². The highest BCUT2D eigenvalue weighted by molar-refractivity contribution is 9.10. The molecular weight excluding hydrogens is 319 g/mol. The van der Waals surface area contributed by atoms with Gasteiger partial charge in [-0.25, -0.2) is 13.8 Å². The third kappa shape index (κ3) is 3.35. The van der Waals surface area contributed by atoms with Gasteiger partial charge in [0.15, 0.2) is 0 Å². The number of hydrogen-bond donors (Lipinski definition) is 0. The van der Waals surface area contributed by atoms with E-state index in [1.165, 1.54) is 7.11 Å². The van der Waals surface area contributed by atoms with Crippen LogP contribution in [0.5, 0.6) is 0 Å². The van der Waals surface area contributed by atoms with Crippen molar-refractivity contribution in [1.29, 1.82) is 0 Å². The van der Waals surface area contributed by atoms with Crippen molar-refractivity contribution in [2.75, 3.05) is 7.11 Å². The van der Waals surface area contributed by atoms with Gasteiger partial charge < -0.3 is 4.74 Å². The zero-order chi connectivity index (χ0) is 13.0. The molecule has 0 saturated carbocycles. The number of carbonyl (C=O) groups excluding carboxylic acids is 1. The van der Waals surface area contributed by atoms with Crippen LogP contribution in [0, 0.1) is 0 Å². The minimum absolute atomic E-state index is 0.0134. The first kappa shape index (κ1) is 14.3. The van der Waals surface area contributed by atoms with Gasteiger partial charge in [-0.1, -0.05) is 0 Å². The standard InChI is InChI=1S/C10H9BrClF2NO2/c1-17-8(16)2-5-6(3-12)9(11)15-4-7(5)10(13)14/h4,10H,2-3H2,1H3. The Balaban J connectivity index is 3.28. The largest absolute Gasteiger partial charge is 0.469 e. The fourth-order valence-corrected chi connectivity index (χ4v) is 2.26. The van der Waals surface area contributed by atoms with Gasteiger partial charge in [0, 0.05) is 17.3 Å². The molecule has 0 spiro atoms. The fraction of sp³-hybridized carbons (Fsp3) is 0.400. The van der Waals surface area contributed by atoms with E-state index in [1.807, 2.05) is 0 Å². The van der Waals surface area contributed by atoms with Gasteiger partial charge in [-0.15, -0.1) is 11.6 Å². The van der Waals surface area contributed by atoms with Gasteiger partial charge in [-0.3, -0.25) is 4.79 Å². The summed E-state index contributed by atoms with van der Waals surface area (Å²) in [6.07, 6.45) is -1.93. The lowest BCUT2D eigenvalue weighted by molar-refractivity contribution is -0.139. The summed E-state index contributed by atoms with van der Waals surface area (Å²) in [6.45, 7) is 0. The molecule has 0 fully saturated rings. The average Bonchev–Trinajstić information content (AvgIpc) is 2.28. The topological polar surface area (TPSA) is 39.2 Å². The third-order valence-corrected chi connectivity index (χ3v) is 3.15. The first-order chi connectivity index (χ1) is 8.01. The minimum atomic E-state index is -2.71. The van der Waals surface area contributed by atoms with Crippen molar-refractivity contribution >= 4 is 33.5 Å². The second-order valence-electron chi connectivity index (χ2n) is 3.15. The van der Waals surface area contributed by atoms with Crippen molar-refractivity contribution in [2.24, 2.45) is 0 Å². The summed E-state index contributed by atoms with van der Waals surface area (Å²) < 4.78 is 30.4. The summed E-state index contributed by atoms with van der Waals surface area (Å²) in [6, 6.07) is 0. The second-order valence-corrected chi connectivity index (χ2v) is 4.17. The van der Waals surface area contributed by atoms with Crippen LogP contribution < -0.4 is 0 Å². The molecule has 3 nitrogen and oxygen atoms in total. The molecule has 1 aromatic heterocycles. The van der Waals surface area contributed by atoms with Crippen LogP contribution in [0.4, 0.5) is 8.78 Å². The third-order valence-electron chi connectivity index (χ3n) is 2.20. The average molecular weight is 329 g/mol. The number of halogens is 4. The lowest BCUT2D eigenvalue weighted by Crippen LogP contribution is -2.11. The van der Waals surface area contributed by atoms with E-state index in [2.05, 4.69) is 25.7 Å². The molecule has 0 aliphatic carbocycles. The number of pyridine rings is 1. The summed E-state index contributed by atoms with van der Waals surface area (Å²) in [5, 5.41) is 0. The van der Waals surface area contributed by atoms with E-state index in [1.54, 1.807) is 0 Å². The molecular formula is C10H9BrClF2NO2. The van der Waals surface area contributed by atoms with Gasteiger partial charge in [0.2, 0.25) is 0 Å². The van der Waals surface area contributed by atoms with Crippen LogP contribution in [0.1, 0.15) is 23.1 Å². The highest BCUT2D eigenvalue weighted by Gasteiger charge is 2.21. The van der Waals surface area contributed by atoms with Crippen LogP contribution in [0.25, 0.3) is 0 Å². The molecule has 0 unspecified atom stereocenters. The number of ether oxygens (including phenoxy) is 1. The van der Waals surface area contributed by atoms with Crippen LogP contribution in [-0.4, -0.2) is 18.1 Å². The predicted octanol–water partition coefficient (Wildman–Crippen LogP) is 3.24. The predicted molar refractivity (Wildman–Crippen MR) is 62.2 cm³/mol. The van der Waals surface area contributed by atoms with Crippen molar-refractivity contribution < 1.29 is 18.3 Å². The molecule has 17 heavy (non-hydrogen) atoms. The number of nitrogens with zero attached hydrogens (tertiary/aromatic N) is 1. The molecule has 0 saturated heterocycles. The van der Waals surface area contributed by atoms with Gasteiger partial charge in [0.25, 0.3) is 6.43 Å². The molecule has 1 heterocycles. The quantitative estimate of drug-likeness (QED) is 0.484. The number of methoxy groups -OCH3 is 1. The van der Waals surface area contributed by atoms with Crippen LogP contribution >= 0.6 is 27.5 Å². The van der Waals surface area contributed by atoms with Crippen LogP contribution in [0.2, 0.25) is 0 Å². The van der Waals surface area contributed by atoms with E-state index >= 15 is 0 Å². The zero-order valence-electron chi connectivity index (χ0n) is 8.84. The summed E-state index contributed by atoms with van der Waals surface area (Å²) >= 11 is 8.78. The van der Waals surface area contributed by atoms with Crippen LogP contribution in [0.3, 0.4) is 0 Å². The molecule has 1 aromatic rings. The number of hydrogen-bond acceptors (Lipinski definition) is 3. The summed E-state index contributed by atoms with van der Waals surface area (Å²) in [5.74, 6) is -0.614. The Labute approximate surface area is 110 Å². The molecule has 0 atom stereocenters. The molecule has 0 amide bonds. The van der Waals surface area contributed by atoms with Crippen molar-refractivity contribution in [1.82, 2.24) is 4.98 Å². The maximum absolute atomic E-state index is 12.8. The first-order valence-electron chi connectivity index (χ1n) is 4.58.